The number of hydrogen-bond donors (Lipinski definition) is 1. The van der Waals surface area contributed by atoms with Gasteiger partial charge in [0.25, 0.3) is 0 Å². The maximum atomic E-state index is 12.6. The second kappa shape index (κ2) is 9.30. The van der Waals surface area contributed by atoms with Gasteiger partial charge in [0.2, 0.25) is 0 Å². The highest BCUT2D eigenvalue weighted by Crippen LogP contribution is 2.21. The van der Waals surface area contributed by atoms with Crippen molar-refractivity contribution in [3.8, 4) is 0 Å². The molecule has 1 fully saturated rings. The summed E-state index contributed by atoms with van der Waals surface area (Å²) in [6, 6.07) is 7.76. The van der Waals surface area contributed by atoms with Crippen LogP contribution in [0.3, 0.4) is 0 Å². The molecule has 0 saturated carbocycles. The molecule has 28 heavy (non-hydrogen) atoms. The van der Waals surface area contributed by atoms with Gasteiger partial charge in [0.15, 0.2) is 0 Å². The van der Waals surface area contributed by atoms with Gasteiger partial charge in [0.05, 0.1) is 0 Å². The first kappa shape index (κ1) is 22.1. The highest BCUT2D eigenvalue weighted by Gasteiger charge is 2.30. The Kier molecular flexibility index (Phi) is 7.33. The van der Waals surface area contributed by atoms with Gasteiger partial charge >= 0.3 is 12.1 Å². The molecular formula is C22H35N3O3. The standard InChI is InChI=1S/C22H35N3O3/c1-16(2)25(21(27)28-22(4,5)6)15-18-8-7-13-24(14-18)20(26)23-19-11-9-17(3)10-12-19/h9-12,16,18H,7-8,13-15H2,1-6H3,(H,23,26). The SMILES string of the molecule is Cc1ccc(NC(=O)N2CCCC(CN(C(=O)OC(C)(C)C)C(C)C)C2)cc1. The average molecular weight is 390 g/mol. The Hall–Kier alpha value is -2.24. The fraction of sp³-hybridized carbons (Fsp3) is 0.636. The van der Waals surface area contributed by atoms with Gasteiger partial charge < -0.3 is 19.9 Å². The van der Waals surface area contributed by atoms with E-state index in [2.05, 4.69) is 5.32 Å². The third kappa shape index (κ3) is 6.73. The van der Waals surface area contributed by atoms with Gasteiger partial charge in [-0.25, -0.2) is 9.59 Å². The first-order valence-electron chi connectivity index (χ1n) is 10.2. The fourth-order valence-electron chi connectivity index (χ4n) is 3.33. The molecule has 2 rings (SSSR count). The largest absolute Gasteiger partial charge is 0.444 e. The van der Waals surface area contributed by atoms with E-state index >= 15 is 0 Å². The van der Waals surface area contributed by atoms with Crippen molar-refractivity contribution in [1.82, 2.24) is 9.80 Å². The average Bonchev–Trinajstić information content (AvgIpc) is 2.60. The Morgan fingerprint density at radius 3 is 2.46 bits per heavy atom. The number of anilines is 1. The van der Waals surface area contributed by atoms with Crippen LogP contribution in [0.25, 0.3) is 0 Å². The number of piperidine rings is 1. The number of likely N-dealkylation sites (tertiary alicyclic amines) is 1. The molecule has 156 valence electrons. The van der Waals surface area contributed by atoms with Gasteiger partial charge in [0.1, 0.15) is 5.60 Å². The number of carbonyl (C=O) groups is 2. The third-order valence-corrected chi connectivity index (χ3v) is 4.82. The maximum Gasteiger partial charge on any atom is 0.410 e. The molecule has 6 nitrogen and oxygen atoms in total. The molecule has 1 heterocycles. The molecule has 1 aromatic rings. The number of aryl methyl sites for hydroxylation is 1. The fourth-order valence-corrected chi connectivity index (χ4v) is 3.33. The Balaban J connectivity index is 1.96. The molecule has 6 heteroatoms. The number of benzene rings is 1. The van der Waals surface area contributed by atoms with Crippen molar-refractivity contribution in [1.29, 1.82) is 0 Å². The van der Waals surface area contributed by atoms with E-state index in [4.69, 9.17) is 4.74 Å². The van der Waals surface area contributed by atoms with Crippen molar-refractivity contribution in [2.75, 3.05) is 25.0 Å². The molecule has 0 radical (unpaired) electrons. The molecule has 1 aliphatic rings. The molecule has 1 unspecified atom stereocenters. The summed E-state index contributed by atoms with van der Waals surface area (Å²) in [7, 11) is 0. The summed E-state index contributed by atoms with van der Waals surface area (Å²) in [4.78, 5) is 28.8. The summed E-state index contributed by atoms with van der Waals surface area (Å²) in [6.45, 7) is 13.6. The summed E-state index contributed by atoms with van der Waals surface area (Å²) in [5.41, 5.74) is 1.44. The predicted molar refractivity (Wildman–Crippen MR) is 113 cm³/mol. The van der Waals surface area contributed by atoms with E-state index in [1.54, 1.807) is 4.90 Å². The van der Waals surface area contributed by atoms with Crippen LogP contribution in [0.1, 0.15) is 53.0 Å². The number of urea groups is 1. The minimum Gasteiger partial charge on any atom is -0.444 e. The van der Waals surface area contributed by atoms with Crippen LogP contribution in [0.2, 0.25) is 0 Å². The lowest BCUT2D eigenvalue weighted by atomic mass is 9.97. The lowest BCUT2D eigenvalue weighted by Crippen LogP contribution is -2.48. The van der Waals surface area contributed by atoms with E-state index < -0.39 is 5.60 Å². The second-order valence-corrected chi connectivity index (χ2v) is 8.98. The smallest absolute Gasteiger partial charge is 0.410 e. The van der Waals surface area contributed by atoms with Crippen molar-refractivity contribution in [3.05, 3.63) is 29.8 Å². The molecule has 1 aromatic carbocycles. The molecule has 3 amide bonds. The number of hydrogen-bond acceptors (Lipinski definition) is 3. The topological polar surface area (TPSA) is 61.9 Å². The first-order valence-corrected chi connectivity index (χ1v) is 10.2. The van der Waals surface area contributed by atoms with Crippen molar-refractivity contribution in [3.63, 3.8) is 0 Å². The van der Waals surface area contributed by atoms with Gasteiger partial charge in [-0.1, -0.05) is 17.7 Å². The van der Waals surface area contributed by atoms with Gasteiger partial charge in [-0.05, 0) is 72.4 Å². The highest BCUT2D eigenvalue weighted by atomic mass is 16.6. The van der Waals surface area contributed by atoms with E-state index in [1.165, 1.54) is 0 Å². The monoisotopic (exact) mass is 389 g/mol. The lowest BCUT2D eigenvalue weighted by Gasteiger charge is -2.37. The zero-order chi connectivity index (χ0) is 20.9. The minimum atomic E-state index is -0.517. The predicted octanol–water partition coefficient (Wildman–Crippen LogP) is 4.88. The number of carbonyl (C=O) groups excluding carboxylic acids is 2. The highest BCUT2D eigenvalue weighted by molar-refractivity contribution is 5.89. The van der Waals surface area contributed by atoms with E-state index in [0.29, 0.717) is 13.1 Å². The van der Waals surface area contributed by atoms with Crippen LogP contribution in [0.4, 0.5) is 15.3 Å². The maximum absolute atomic E-state index is 12.6. The van der Waals surface area contributed by atoms with Crippen molar-refractivity contribution < 1.29 is 14.3 Å². The molecule has 1 atom stereocenters. The Labute approximate surface area is 169 Å². The van der Waals surface area contributed by atoms with Crippen molar-refractivity contribution in [2.45, 2.75) is 66.0 Å². The van der Waals surface area contributed by atoms with E-state index in [1.807, 2.05) is 70.7 Å². The molecule has 1 aliphatic heterocycles. The molecule has 1 saturated heterocycles. The number of rotatable bonds is 4. The molecule has 0 aromatic heterocycles. The Morgan fingerprint density at radius 2 is 1.89 bits per heavy atom. The molecule has 0 bridgehead atoms. The van der Waals surface area contributed by atoms with Crippen LogP contribution in [0.15, 0.2) is 24.3 Å². The lowest BCUT2D eigenvalue weighted by molar-refractivity contribution is 0.0132. The van der Waals surface area contributed by atoms with Gasteiger partial charge in [-0.2, -0.15) is 0 Å². The molecule has 0 aliphatic carbocycles. The summed E-state index contributed by atoms with van der Waals surface area (Å²) in [6.07, 6.45) is 1.65. The normalized spacial score (nSPS) is 17.4. The third-order valence-electron chi connectivity index (χ3n) is 4.82. The van der Waals surface area contributed by atoms with E-state index in [0.717, 1.165) is 30.6 Å². The van der Waals surface area contributed by atoms with Crippen LogP contribution < -0.4 is 5.32 Å². The number of ether oxygens (including phenoxy) is 1. The van der Waals surface area contributed by atoms with Crippen molar-refractivity contribution >= 4 is 17.8 Å². The summed E-state index contributed by atoms with van der Waals surface area (Å²) < 4.78 is 5.56. The molecule has 0 spiro atoms. The minimum absolute atomic E-state index is 0.0478. The van der Waals surface area contributed by atoms with Gasteiger partial charge in [-0.3, -0.25) is 0 Å². The zero-order valence-electron chi connectivity index (χ0n) is 18.1. The van der Waals surface area contributed by atoms with Crippen LogP contribution in [0.5, 0.6) is 0 Å². The quantitative estimate of drug-likeness (QED) is 0.798. The summed E-state index contributed by atoms with van der Waals surface area (Å²) >= 11 is 0. The number of nitrogens with zero attached hydrogens (tertiary/aromatic N) is 2. The zero-order valence-corrected chi connectivity index (χ0v) is 18.1. The van der Waals surface area contributed by atoms with E-state index in [9.17, 15) is 9.59 Å². The number of nitrogens with one attached hydrogen (secondary N) is 1. The second-order valence-electron chi connectivity index (χ2n) is 8.98. The Morgan fingerprint density at radius 1 is 1.25 bits per heavy atom. The van der Waals surface area contributed by atoms with Crippen LogP contribution in [-0.2, 0) is 4.74 Å². The van der Waals surface area contributed by atoms with Crippen LogP contribution in [-0.4, -0.2) is 53.2 Å². The summed E-state index contributed by atoms with van der Waals surface area (Å²) in [5.74, 6) is 0.243. The molecule has 1 N–H and O–H groups in total. The first-order chi connectivity index (χ1) is 13.0. The van der Waals surface area contributed by atoms with Gasteiger partial charge in [-0.15, -0.1) is 0 Å². The van der Waals surface area contributed by atoms with Crippen LogP contribution in [0, 0.1) is 12.8 Å². The van der Waals surface area contributed by atoms with Crippen molar-refractivity contribution in [2.24, 2.45) is 5.92 Å². The van der Waals surface area contributed by atoms with Gasteiger partial charge in [0, 0.05) is 31.4 Å². The molecular weight excluding hydrogens is 354 g/mol. The van der Waals surface area contributed by atoms with E-state index in [-0.39, 0.29) is 24.1 Å². The summed E-state index contributed by atoms with van der Waals surface area (Å²) in [5, 5.41) is 2.97. The number of amides is 3. The van der Waals surface area contributed by atoms with Crippen LogP contribution >= 0.6 is 0 Å². The Bertz CT molecular complexity index is 665.